The summed E-state index contributed by atoms with van der Waals surface area (Å²) >= 11 is 0. The highest BCUT2D eigenvalue weighted by molar-refractivity contribution is 5.79. The van der Waals surface area contributed by atoms with Gasteiger partial charge in [-0.15, -0.1) is 0 Å². The van der Waals surface area contributed by atoms with E-state index in [4.69, 9.17) is 4.74 Å². The number of aromatic nitrogens is 3. The molecule has 0 aliphatic carbocycles. The number of likely N-dealkylation sites (tertiary alicyclic amines) is 1. The van der Waals surface area contributed by atoms with Gasteiger partial charge in [0.25, 0.3) is 0 Å². The van der Waals surface area contributed by atoms with Crippen molar-refractivity contribution in [2.75, 3.05) is 26.2 Å². The van der Waals surface area contributed by atoms with Crippen molar-refractivity contribution in [3.8, 4) is 11.4 Å². The highest BCUT2D eigenvalue weighted by Crippen LogP contribution is 2.24. The normalized spacial score (nSPS) is 24.0. The zero-order chi connectivity index (χ0) is 20.4. The molecule has 0 saturated carbocycles. The molecule has 4 rings (SSSR count). The average molecular weight is 398 g/mol. The van der Waals surface area contributed by atoms with Crippen LogP contribution in [0.5, 0.6) is 0 Å². The topological polar surface area (TPSA) is 63.5 Å². The van der Waals surface area contributed by atoms with Crippen LogP contribution in [-0.4, -0.2) is 68.9 Å². The van der Waals surface area contributed by atoms with Gasteiger partial charge in [-0.25, -0.2) is 9.67 Å². The number of morpholine rings is 1. The van der Waals surface area contributed by atoms with Crippen LogP contribution >= 0.6 is 0 Å². The number of benzene rings is 1. The third-order valence-electron chi connectivity index (χ3n) is 5.81. The number of hydrogen-bond donors (Lipinski definition) is 0. The summed E-state index contributed by atoms with van der Waals surface area (Å²) in [6.45, 7) is 9.95. The quantitative estimate of drug-likeness (QED) is 0.793. The Morgan fingerprint density at radius 1 is 1.10 bits per heavy atom. The van der Waals surface area contributed by atoms with E-state index in [0.29, 0.717) is 25.7 Å². The van der Waals surface area contributed by atoms with E-state index in [0.717, 1.165) is 43.1 Å². The van der Waals surface area contributed by atoms with Crippen molar-refractivity contribution in [3.05, 3.63) is 36.2 Å². The summed E-state index contributed by atoms with van der Waals surface area (Å²) < 4.78 is 7.75. The van der Waals surface area contributed by atoms with E-state index in [1.165, 1.54) is 0 Å². The number of piperidine rings is 1. The summed E-state index contributed by atoms with van der Waals surface area (Å²) in [5, 5.41) is 4.60. The number of carbonyl (C=O) groups excluding carboxylic acids is 1. The van der Waals surface area contributed by atoms with Gasteiger partial charge in [-0.3, -0.25) is 9.69 Å². The first-order valence-electron chi connectivity index (χ1n) is 10.6. The smallest absolute Gasteiger partial charge is 0.225 e. The molecule has 1 aromatic heterocycles. The molecule has 1 amide bonds. The van der Waals surface area contributed by atoms with Crippen LogP contribution in [0, 0.1) is 12.8 Å². The molecule has 7 heteroatoms. The van der Waals surface area contributed by atoms with Crippen molar-refractivity contribution < 1.29 is 9.53 Å². The average Bonchev–Trinajstić information content (AvgIpc) is 3.08. The van der Waals surface area contributed by atoms with Gasteiger partial charge in [-0.05, 0) is 33.6 Å². The monoisotopic (exact) mass is 397 g/mol. The molecule has 0 bridgehead atoms. The Hall–Kier alpha value is -2.25. The molecule has 0 spiro atoms. The largest absolute Gasteiger partial charge is 0.372 e. The predicted octanol–water partition coefficient (Wildman–Crippen LogP) is 2.56. The third kappa shape index (κ3) is 4.67. The van der Waals surface area contributed by atoms with Crippen molar-refractivity contribution in [2.45, 2.75) is 52.5 Å². The lowest BCUT2D eigenvalue weighted by Gasteiger charge is -2.39. The molecule has 0 radical (unpaired) electrons. The first kappa shape index (κ1) is 20.0. The molecule has 2 aliphatic rings. The van der Waals surface area contributed by atoms with Gasteiger partial charge in [0.05, 0.1) is 18.9 Å². The molecular formula is C22H31N5O2. The molecule has 2 atom stereocenters. The van der Waals surface area contributed by atoms with Gasteiger partial charge in [-0.1, -0.05) is 30.3 Å². The molecule has 0 N–H and O–H groups in total. The molecule has 156 valence electrons. The minimum absolute atomic E-state index is 0.120. The van der Waals surface area contributed by atoms with Crippen molar-refractivity contribution in [2.24, 2.45) is 5.92 Å². The van der Waals surface area contributed by atoms with Crippen LogP contribution in [0.25, 0.3) is 11.4 Å². The molecule has 3 heterocycles. The van der Waals surface area contributed by atoms with Gasteiger partial charge in [-0.2, -0.15) is 5.10 Å². The number of ether oxygens (including phenoxy) is 1. The standard InChI is InChI=1S/C22H31N5O2/c1-16-13-26(14-17(2)29-16)22(28)20-9-11-25(12-10-20)15-27-21(23-18(3)24-27)19-7-5-4-6-8-19/h4-8,16-17,20H,9-15H2,1-3H3. The summed E-state index contributed by atoms with van der Waals surface area (Å²) in [6.07, 6.45) is 2.03. The van der Waals surface area contributed by atoms with Gasteiger partial charge in [0, 0.05) is 37.7 Å². The lowest BCUT2D eigenvalue weighted by Crippen LogP contribution is -2.51. The van der Waals surface area contributed by atoms with Gasteiger partial charge in [0.15, 0.2) is 5.82 Å². The van der Waals surface area contributed by atoms with Crippen LogP contribution in [0.2, 0.25) is 0 Å². The molecule has 7 nitrogen and oxygen atoms in total. The van der Waals surface area contributed by atoms with Crippen molar-refractivity contribution in [1.29, 1.82) is 0 Å². The molecule has 2 fully saturated rings. The van der Waals surface area contributed by atoms with Crippen LogP contribution in [-0.2, 0) is 16.2 Å². The fourth-order valence-electron chi connectivity index (χ4n) is 4.48. The SMILES string of the molecule is Cc1nc(-c2ccccc2)n(CN2CCC(C(=O)N3CC(C)OC(C)C3)CC2)n1. The van der Waals surface area contributed by atoms with Crippen LogP contribution in [0.15, 0.2) is 30.3 Å². The zero-order valence-electron chi connectivity index (χ0n) is 17.6. The van der Waals surface area contributed by atoms with Crippen LogP contribution in [0.1, 0.15) is 32.5 Å². The fourth-order valence-corrected chi connectivity index (χ4v) is 4.48. The van der Waals surface area contributed by atoms with E-state index in [-0.39, 0.29) is 18.1 Å². The molecule has 1 aromatic carbocycles. The van der Waals surface area contributed by atoms with Gasteiger partial charge < -0.3 is 9.64 Å². The van der Waals surface area contributed by atoms with Crippen molar-refractivity contribution in [3.63, 3.8) is 0 Å². The zero-order valence-corrected chi connectivity index (χ0v) is 17.6. The Kier molecular flexibility index (Phi) is 5.96. The van der Waals surface area contributed by atoms with Crippen molar-refractivity contribution in [1.82, 2.24) is 24.6 Å². The van der Waals surface area contributed by atoms with E-state index < -0.39 is 0 Å². The Balaban J connectivity index is 1.36. The second-order valence-corrected chi connectivity index (χ2v) is 8.38. The maximum absolute atomic E-state index is 13.0. The van der Waals surface area contributed by atoms with Crippen LogP contribution in [0.4, 0.5) is 0 Å². The predicted molar refractivity (Wildman–Crippen MR) is 111 cm³/mol. The first-order chi connectivity index (χ1) is 14.0. The van der Waals surface area contributed by atoms with E-state index in [1.54, 1.807) is 0 Å². The van der Waals surface area contributed by atoms with E-state index in [9.17, 15) is 4.79 Å². The number of carbonyl (C=O) groups is 1. The van der Waals surface area contributed by atoms with E-state index >= 15 is 0 Å². The summed E-state index contributed by atoms with van der Waals surface area (Å²) in [5.74, 6) is 2.10. The van der Waals surface area contributed by atoms with Crippen LogP contribution in [0.3, 0.4) is 0 Å². The first-order valence-corrected chi connectivity index (χ1v) is 10.6. The van der Waals surface area contributed by atoms with Gasteiger partial charge >= 0.3 is 0 Å². The lowest BCUT2D eigenvalue weighted by atomic mass is 9.95. The number of hydrogen-bond acceptors (Lipinski definition) is 5. The lowest BCUT2D eigenvalue weighted by molar-refractivity contribution is -0.149. The number of amides is 1. The minimum Gasteiger partial charge on any atom is -0.372 e. The number of rotatable bonds is 4. The summed E-state index contributed by atoms with van der Waals surface area (Å²) in [5.41, 5.74) is 1.08. The highest BCUT2D eigenvalue weighted by Gasteiger charge is 2.32. The molecule has 2 unspecified atom stereocenters. The van der Waals surface area contributed by atoms with Crippen molar-refractivity contribution >= 4 is 5.91 Å². The number of nitrogens with zero attached hydrogens (tertiary/aromatic N) is 5. The molecule has 2 aliphatic heterocycles. The number of aryl methyl sites for hydroxylation is 1. The maximum Gasteiger partial charge on any atom is 0.225 e. The Morgan fingerprint density at radius 2 is 1.76 bits per heavy atom. The van der Waals surface area contributed by atoms with Gasteiger partial charge in [0.2, 0.25) is 5.91 Å². The second kappa shape index (κ2) is 8.63. The highest BCUT2D eigenvalue weighted by atomic mass is 16.5. The molecule has 29 heavy (non-hydrogen) atoms. The minimum atomic E-state index is 0.120. The second-order valence-electron chi connectivity index (χ2n) is 8.38. The third-order valence-corrected chi connectivity index (χ3v) is 5.81. The Morgan fingerprint density at radius 3 is 2.41 bits per heavy atom. The fraction of sp³-hybridized carbons (Fsp3) is 0.591. The van der Waals surface area contributed by atoms with Gasteiger partial charge in [0.1, 0.15) is 5.82 Å². The Bertz CT molecular complexity index is 819. The molecule has 2 aromatic rings. The Labute approximate surface area is 172 Å². The van der Waals surface area contributed by atoms with E-state index in [2.05, 4.69) is 27.1 Å². The molecule has 2 saturated heterocycles. The maximum atomic E-state index is 13.0. The summed E-state index contributed by atoms with van der Waals surface area (Å²) in [7, 11) is 0. The molecular weight excluding hydrogens is 366 g/mol. The van der Waals surface area contributed by atoms with Crippen LogP contribution < -0.4 is 0 Å². The summed E-state index contributed by atoms with van der Waals surface area (Å²) in [6, 6.07) is 10.2. The van der Waals surface area contributed by atoms with E-state index in [1.807, 2.05) is 48.6 Å². The summed E-state index contributed by atoms with van der Waals surface area (Å²) in [4.78, 5) is 22.0.